The number of urea groups is 1. The molecule has 3 amide bonds. The molecule has 2 unspecified atom stereocenters. The Labute approximate surface area is 146 Å². The van der Waals surface area contributed by atoms with Crippen LogP contribution in [0.15, 0.2) is 12.2 Å². The third-order valence-corrected chi connectivity index (χ3v) is 5.51. The van der Waals surface area contributed by atoms with E-state index in [0.717, 1.165) is 58.0 Å². The summed E-state index contributed by atoms with van der Waals surface area (Å²) in [6.07, 6.45) is 6.89. The number of hydrogen-bond donors (Lipinski definition) is 2. The lowest BCUT2D eigenvalue weighted by Crippen LogP contribution is -2.54. The number of H-pyrrole nitrogens is 1. The lowest BCUT2D eigenvalue weighted by Gasteiger charge is -2.46. The monoisotopic (exact) mass is 344 g/mol. The molecule has 2 atom stereocenters. The van der Waals surface area contributed by atoms with Gasteiger partial charge in [-0.3, -0.25) is 10.1 Å². The summed E-state index contributed by atoms with van der Waals surface area (Å²) in [5, 5.41) is 13.2. The van der Waals surface area contributed by atoms with Crippen LogP contribution >= 0.6 is 0 Å². The highest BCUT2D eigenvalue weighted by Crippen LogP contribution is 2.36. The first-order valence-electron chi connectivity index (χ1n) is 9.09. The second-order valence-corrected chi connectivity index (χ2v) is 7.25. The molecule has 0 spiro atoms. The lowest BCUT2D eigenvalue weighted by molar-refractivity contribution is 0.0788. The van der Waals surface area contributed by atoms with Crippen LogP contribution in [0.1, 0.15) is 55.4 Å². The third kappa shape index (κ3) is 3.01. The molecule has 3 aliphatic heterocycles. The molecule has 4 rings (SSSR count). The molecule has 1 aromatic heterocycles. The third-order valence-electron chi connectivity index (χ3n) is 5.51. The molecule has 3 fully saturated rings. The molecule has 0 aliphatic carbocycles. The highest BCUT2D eigenvalue weighted by molar-refractivity contribution is 6.00. The summed E-state index contributed by atoms with van der Waals surface area (Å²) in [5.74, 6) is 0.0538. The molecule has 2 N–H and O–H groups in total. The van der Waals surface area contributed by atoms with Crippen LogP contribution in [0.25, 0.3) is 0 Å². The molecule has 4 heterocycles. The molecule has 0 aromatic carbocycles. The van der Waals surface area contributed by atoms with Gasteiger partial charge in [-0.1, -0.05) is 12.2 Å². The second kappa shape index (κ2) is 6.50. The van der Waals surface area contributed by atoms with Gasteiger partial charge in [0, 0.05) is 25.2 Å². The number of nitrogens with zero attached hydrogens (tertiary/aromatic N) is 4. The minimum Gasteiger partial charge on any atom is -0.337 e. The maximum Gasteiger partial charge on any atom is 0.323 e. The van der Waals surface area contributed by atoms with Crippen molar-refractivity contribution in [2.24, 2.45) is 0 Å². The van der Waals surface area contributed by atoms with Gasteiger partial charge in [0.2, 0.25) is 0 Å². The van der Waals surface area contributed by atoms with Crippen molar-refractivity contribution >= 4 is 17.8 Å². The predicted molar refractivity (Wildman–Crippen MR) is 92.2 cm³/mol. The van der Waals surface area contributed by atoms with Crippen molar-refractivity contribution in [2.45, 2.75) is 57.0 Å². The summed E-state index contributed by atoms with van der Waals surface area (Å²) in [5.41, 5.74) is 1.42. The quantitative estimate of drug-likeness (QED) is 0.804. The largest absolute Gasteiger partial charge is 0.337 e. The Balaban J connectivity index is 1.49. The van der Waals surface area contributed by atoms with Crippen molar-refractivity contribution in [3.8, 4) is 0 Å². The number of fused-ring (bicyclic) bond motifs is 2. The molecule has 0 saturated carbocycles. The first kappa shape index (κ1) is 16.1. The summed E-state index contributed by atoms with van der Waals surface area (Å²) in [4.78, 5) is 29.1. The fourth-order valence-electron chi connectivity index (χ4n) is 4.35. The minimum absolute atomic E-state index is 0.172. The fourth-order valence-corrected chi connectivity index (χ4v) is 4.35. The van der Waals surface area contributed by atoms with Crippen LogP contribution in [0.5, 0.6) is 0 Å². The van der Waals surface area contributed by atoms with E-state index in [1.807, 2.05) is 4.90 Å². The van der Waals surface area contributed by atoms with E-state index in [9.17, 15) is 9.59 Å². The van der Waals surface area contributed by atoms with Gasteiger partial charge < -0.3 is 9.80 Å². The molecule has 2 bridgehead atoms. The topological polar surface area (TPSA) is 94.2 Å². The molecule has 3 aliphatic rings. The van der Waals surface area contributed by atoms with Crippen LogP contribution in [0.4, 0.5) is 10.6 Å². The normalized spacial score (nSPS) is 26.0. The van der Waals surface area contributed by atoms with E-state index in [1.54, 1.807) is 4.90 Å². The molecule has 1 aromatic rings. The maximum atomic E-state index is 12.9. The average Bonchev–Trinajstić information content (AvgIpc) is 3.25. The maximum absolute atomic E-state index is 12.9. The molecule has 134 valence electrons. The second-order valence-electron chi connectivity index (χ2n) is 7.25. The number of carbonyl (C=O) groups is 2. The van der Waals surface area contributed by atoms with Gasteiger partial charge in [0.25, 0.3) is 5.91 Å². The summed E-state index contributed by atoms with van der Waals surface area (Å²) < 4.78 is 0. The Hall–Kier alpha value is -2.38. The summed E-state index contributed by atoms with van der Waals surface area (Å²) in [6.45, 7) is 5.58. The smallest absolute Gasteiger partial charge is 0.323 e. The van der Waals surface area contributed by atoms with Crippen LogP contribution in [0.2, 0.25) is 0 Å². The van der Waals surface area contributed by atoms with Gasteiger partial charge in [-0.25, -0.2) is 4.79 Å². The Kier molecular flexibility index (Phi) is 4.19. The van der Waals surface area contributed by atoms with Crippen molar-refractivity contribution in [1.82, 2.24) is 25.2 Å². The number of piperidine rings is 2. The highest BCUT2D eigenvalue weighted by Gasteiger charge is 2.39. The minimum atomic E-state index is -0.188. The van der Waals surface area contributed by atoms with Crippen molar-refractivity contribution in [3.05, 3.63) is 17.8 Å². The zero-order chi connectivity index (χ0) is 17.4. The van der Waals surface area contributed by atoms with Crippen LogP contribution in [0.3, 0.4) is 0 Å². The fraction of sp³-hybridized carbons (Fsp3) is 0.647. The molecular weight excluding hydrogens is 320 g/mol. The molecule has 3 saturated heterocycles. The highest BCUT2D eigenvalue weighted by atomic mass is 16.2. The molecule has 25 heavy (non-hydrogen) atoms. The number of aromatic amines is 1. The van der Waals surface area contributed by atoms with E-state index in [4.69, 9.17) is 0 Å². The van der Waals surface area contributed by atoms with Crippen LogP contribution in [-0.2, 0) is 0 Å². The lowest BCUT2D eigenvalue weighted by atomic mass is 9.82. The Morgan fingerprint density at radius 2 is 1.76 bits per heavy atom. The molecule has 8 heteroatoms. The van der Waals surface area contributed by atoms with Crippen LogP contribution in [-0.4, -0.2) is 62.3 Å². The molecule has 0 radical (unpaired) electrons. The summed E-state index contributed by atoms with van der Waals surface area (Å²) in [6, 6.07) is 0.209. The number of anilines is 1. The van der Waals surface area contributed by atoms with E-state index < -0.39 is 0 Å². The van der Waals surface area contributed by atoms with Crippen LogP contribution < -0.4 is 5.32 Å². The Bertz CT molecular complexity index is 677. The standard InChI is InChI=1S/C17H24N6O2/c1-11-9-12-5-4-6-13(10-11)23(12)17(25)18-15-14(19-21-20-15)16(24)22-7-2-3-8-22/h12-13H,1-10H2,(H2,18,19,20,21,25). The number of likely N-dealkylation sites (tertiary alicyclic amines) is 1. The molecule has 8 nitrogen and oxygen atoms in total. The number of carbonyl (C=O) groups excluding carboxylic acids is 2. The SMILES string of the molecule is C=C1CC2CCCC(C1)N2C(=O)Nc1n[nH]nc1C(=O)N1CCCC1. The number of rotatable bonds is 2. The van der Waals surface area contributed by atoms with Gasteiger partial charge in [-0.05, 0) is 44.9 Å². The first-order chi connectivity index (χ1) is 12.1. The number of hydrogen-bond acceptors (Lipinski definition) is 4. The number of amides is 3. The van der Waals surface area contributed by atoms with E-state index in [2.05, 4.69) is 27.3 Å². The first-order valence-corrected chi connectivity index (χ1v) is 9.09. The van der Waals surface area contributed by atoms with E-state index in [0.29, 0.717) is 0 Å². The van der Waals surface area contributed by atoms with Gasteiger partial charge >= 0.3 is 6.03 Å². The van der Waals surface area contributed by atoms with E-state index in [-0.39, 0.29) is 35.5 Å². The van der Waals surface area contributed by atoms with Gasteiger partial charge in [0.1, 0.15) is 0 Å². The Morgan fingerprint density at radius 3 is 2.44 bits per heavy atom. The zero-order valence-corrected chi connectivity index (χ0v) is 14.3. The van der Waals surface area contributed by atoms with Crippen molar-refractivity contribution < 1.29 is 9.59 Å². The van der Waals surface area contributed by atoms with Crippen LogP contribution in [0, 0.1) is 0 Å². The van der Waals surface area contributed by atoms with Gasteiger partial charge in [0.15, 0.2) is 11.5 Å². The predicted octanol–water partition coefficient (Wildman–Crippen LogP) is 2.15. The van der Waals surface area contributed by atoms with Gasteiger partial charge in [0.05, 0.1) is 0 Å². The Morgan fingerprint density at radius 1 is 1.08 bits per heavy atom. The van der Waals surface area contributed by atoms with Crippen molar-refractivity contribution in [3.63, 3.8) is 0 Å². The van der Waals surface area contributed by atoms with Crippen molar-refractivity contribution in [2.75, 3.05) is 18.4 Å². The number of aromatic nitrogens is 3. The van der Waals surface area contributed by atoms with E-state index >= 15 is 0 Å². The number of nitrogens with one attached hydrogen (secondary N) is 2. The average molecular weight is 344 g/mol. The van der Waals surface area contributed by atoms with Gasteiger partial charge in [-0.2, -0.15) is 5.21 Å². The van der Waals surface area contributed by atoms with Crippen molar-refractivity contribution in [1.29, 1.82) is 0 Å². The van der Waals surface area contributed by atoms with E-state index in [1.165, 1.54) is 5.57 Å². The van der Waals surface area contributed by atoms with Gasteiger partial charge in [-0.15, -0.1) is 10.2 Å². The zero-order valence-electron chi connectivity index (χ0n) is 14.3. The summed E-state index contributed by atoms with van der Waals surface area (Å²) in [7, 11) is 0. The summed E-state index contributed by atoms with van der Waals surface area (Å²) >= 11 is 0. The molecular formula is C17H24N6O2.